The number of phenols is 2. The lowest BCUT2D eigenvalue weighted by Gasteiger charge is -2.29. The molecule has 0 unspecified atom stereocenters. The molecule has 314 valence electrons. The van der Waals surface area contributed by atoms with E-state index >= 15 is 0 Å². The van der Waals surface area contributed by atoms with Gasteiger partial charge in [0.15, 0.2) is 11.5 Å². The number of fused-ring (bicyclic) bond motifs is 2. The van der Waals surface area contributed by atoms with Gasteiger partial charge in [-0.1, -0.05) is 63.0 Å². The predicted octanol–water partition coefficient (Wildman–Crippen LogP) is 12.6. The number of carbonyl (C=O) groups is 2. The lowest BCUT2D eigenvalue weighted by Crippen LogP contribution is -2.20. The molecular weight excluding hydrogens is 837 g/mol. The minimum Gasteiger partial charge on any atom is -0.507 e. The lowest BCUT2D eigenvalue weighted by atomic mass is 9.75. The van der Waals surface area contributed by atoms with Gasteiger partial charge in [0.2, 0.25) is 11.6 Å². The zero-order valence-corrected chi connectivity index (χ0v) is 34.1. The van der Waals surface area contributed by atoms with Gasteiger partial charge in [0.1, 0.15) is 11.5 Å². The summed E-state index contributed by atoms with van der Waals surface area (Å²) in [6, 6.07) is 8.10. The van der Waals surface area contributed by atoms with Gasteiger partial charge in [-0.15, -0.1) is 0 Å². The molecule has 0 aliphatic heterocycles. The number of ketones is 2. The number of rotatable bonds is 7. The van der Waals surface area contributed by atoms with Gasteiger partial charge in [-0.3, -0.25) is 9.59 Å². The standard InChI is InChI=1S/C44H36Cl2F6N2O6/c1-17(2)31-23-11-19(5)33(39(57)35(23)25(37(55)41(31)59)15-53-29-13-21(43(47,48)49)7-9-27(29)45)34-20(6)12-24-32(18(3)4)42(60)38(56)26(36(24)40(34)58)16-54-30-14-22(44(50,51)52)8-10-28(30)46/h7-18,53-54,57-60H,1-6H3. The van der Waals surface area contributed by atoms with Crippen LogP contribution in [0.4, 0.5) is 37.7 Å². The number of aryl methyl sites for hydroxylation is 2. The largest absolute Gasteiger partial charge is 0.507 e. The SMILES string of the molecule is Cc1cc2c(c(O)c1-c1c(C)cc3c(c1O)C(=CNc1cc(C(F)(F)F)ccc1Cl)C(=O)C(O)=C3C(C)C)C(=CNc1cc(C(F)(F)F)ccc1Cl)C(=O)C(O)=C2C(C)C. The van der Waals surface area contributed by atoms with Crippen molar-refractivity contribution in [1.82, 2.24) is 0 Å². The van der Waals surface area contributed by atoms with E-state index < -0.39 is 69.9 Å². The van der Waals surface area contributed by atoms with Gasteiger partial charge in [0.25, 0.3) is 0 Å². The zero-order chi connectivity index (χ0) is 44.5. The van der Waals surface area contributed by atoms with Crippen molar-refractivity contribution in [2.24, 2.45) is 11.8 Å². The van der Waals surface area contributed by atoms with Crippen LogP contribution in [0.5, 0.6) is 11.5 Å². The van der Waals surface area contributed by atoms with E-state index in [4.69, 9.17) is 23.2 Å². The third-order valence-electron chi connectivity index (χ3n) is 10.3. The molecular formula is C44H36Cl2F6N2O6. The first kappa shape index (κ1) is 43.7. The molecule has 8 nitrogen and oxygen atoms in total. The number of halogens is 8. The van der Waals surface area contributed by atoms with Crippen LogP contribution in [0.1, 0.15) is 72.2 Å². The topological polar surface area (TPSA) is 139 Å². The Morgan fingerprint density at radius 2 is 0.900 bits per heavy atom. The Hall–Kier alpha value is -5.86. The molecule has 0 aromatic heterocycles. The number of benzene rings is 4. The highest BCUT2D eigenvalue weighted by Gasteiger charge is 2.39. The quantitative estimate of drug-likeness (QED) is 0.0797. The summed E-state index contributed by atoms with van der Waals surface area (Å²) < 4.78 is 81.5. The molecule has 0 atom stereocenters. The monoisotopic (exact) mass is 872 g/mol. The maximum atomic E-state index is 13.9. The maximum absolute atomic E-state index is 13.9. The van der Waals surface area contributed by atoms with Crippen molar-refractivity contribution in [3.05, 3.63) is 127 Å². The first-order chi connectivity index (χ1) is 27.9. The molecule has 0 saturated carbocycles. The average molecular weight is 874 g/mol. The van der Waals surface area contributed by atoms with Crippen LogP contribution in [0.2, 0.25) is 10.0 Å². The van der Waals surface area contributed by atoms with Gasteiger partial charge in [0, 0.05) is 45.8 Å². The van der Waals surface area contributed by atoms with Crippen molar-refractivity contribution in [3.63, 3.8) is 0 Å². The normalized spacial score (nSPS) is 16.1. The molecule has 6 rings (SSSR count). The van der Waals surface area contributed by atoms with E-state index in [-0.39, 0.29) is 77.1 Å². The van der Waals surface area contributed by atoms with Crippen molar-refractivity contribution >= 4 is 68.4 Å². The number of nitrogens with one attached hydrogen (secondary N) is 2. The number of hydrogen-bond donors (Lipinski definition) is 6. The molecule has 0 heterocycles. The van der Waals surface area contributed by atoms with Crippen molar-refractivity contribution in [1.29, 1.82) is 0 Å². The summed E-state index contributed by atoms with van der Waals surface area (Å²) in [5.41, 5.74) is -2.40. The number of phenolic OH excluding ortho intramolecular Hbond substituents is 2. The van der Waals surface area contributed by atoms with Crippen LogP contribution in [0.15, 0.2) is 72.4 Å². The van der Waals surface area contributed by atoms with E-state index in [9.17, 15) is 56.4 Å². The fourth-order valence-corrected chi connectivity index (χ4v) is 7.90. The Labute approximate surface area is 349 Å². The summed E-state index contributed by atoms with van der Waals surface area (Å²) in [6.45, 7) is 9.93. The molecule has 0 spiro atoms. The molecule has 4 aromatic rings. The highest BCUT2D eigenvalue weighted by Crippen LogP contribution is 2.54. The third kappa shape index (κ3) is 7.58. The van der Waals surface area contributed by atoms with Gasteiger partial charge < -0.3 is 31.1 Å². The summed E-state index contributed by atoms with van der Waals surface area (Å²) >= 11 is 12.4. The second kappa shape index (κ2) is 15.6. The molecule has 2 aliphatic rings. The first-order valence-corrected chi connectivity index (χ1v) is 19.0. The zero-order valence-electron chi connectivity index (χ0n) is 32.6. The van der Waals surface area contributed by atoms with Crippen molar-refractivity contribution < 1.29 is 56.4 Å². The number of Topliss-reactive ketones (excluding diaryl/α,β-unsaturated/α-hetero) is 2. The Balaban J connectivity index is 1.62. The van der Waals surface area contributed by atoms with E-state index in [1.165, 1.54) is 0 Å². The molecule has 0 saturated heterocycles. The minimum atomic E-state index is -4.74. The fraction of sp³-hybridized carbons (Fsp3) is 0.227. The molecule has 6 N–H and O–H groups in total. The van der Waals surface area contributed by atoms with Crippen LogP contribution in [0, 0.1) is 25.7 Å². The van der Waals surface area contributed by atoms with Gasteiger partial charge in [0.05, 0.1) is 43.7 Å². The second-order valence-corrected chi connectivity index (χ2v) is 15.8. The Morgan fingerprint density at radius 1 is 0.567 bits per heavy atom. The van der Waals surface area contributed by atoms with E-state index in [1.54, 1.807) is 53.7 Å². The summed E-state index contributed by atoms with van der Waals surface area (Å²) in [5.74, 6) is -5.48. The lowest BCUT2D eigenvalue weighted by molar-refractivity contribution is -0.138. The van der Waals surface area contributed by atoms with E-state index in [1.807, 2.05) is 0 Å². The molecule has 16 heteroatoms. The number of anilines is 2. The van der Waals surface area contributed by atoms with Crippen LogP contribution in [0.25, 0.3) is 33.4 Å². The van der Waals surface area contributed by atoms with E-state index in [0.717, 1.165) is 48.8 Å². The number of aliphatic hydroxyl groups is 2. The Kier molecular flexibility index (Phi) is 11.4. The molecule has 4 aromatic carbocycles. The van der Waals surface area contributed by atoms with Gasteiger partial charge in [-0.2, -0.15) is 26.3 Å². The molecule has 0 radical (unpaired) electrons. The van der Waals surface area contributed by atoms with Crippen LogP contribution >= 0.6 is 23.2 Å². The van der Waals surface area contributed by atoms with Crippen molar-refractivity contribution in [3.8, 4) is 22.6 Å². The summed E-state index contributed by atoms with van der Waals surface area (Å²) in [5, 5.41) is 52.0. The van der Waals surface area contributed by atoms with Crippen molar-refractivity contribution in [2.45, 2.75) is 53.9 Å². The summed E-state index contributed by atoms with van der Waals surface area (Å²) in [4.78, 5) is 27.8. The molecule has 60 heavy (non-hydrogen) atoms. The first-order valence-electron chi connectivity index (χ1n) is 18.2. The fourth-order valence-electron chi connectivity index (χ4n) is 7.55. The number of allylic oxidation sites excluding steroid dienone is 4. The average Bonchev–Trinajstić information content (AvgIpc) is 3.13. The van der Waals surface area contributed by atoms with E-state index in [2.05, 4.69) is 10.6 Å². The number of hydrogen-bond acceptors (Lipinski definition) is 8. The highest BCUT2D eigenvalue weighted by molar-refractivity contribution is 6.36. The molecule has 0 bridgehead atoms. The van der Waals surface area contributed by atoms with Crippen molar-refractivity contribution in [2.75, 3.05) is 10.6 Å². The summed E-state index contributed by atoms with van der Waals surface area (Å²) in [7, 11) is 0. The maximum Gasteiger partial charge on any atom is 0.416 e. The summed E-state index contributed by atoms with van der Waals surface area (Å²) in [6.07, 6.45) is -7.47. The molecule has 0 amide bonds. The Morgan fingerprint density at radius 3 is 1.20 bits per heavy atom. The third-order valence-corrected chi connectivity index (χ3v) is 10.9. The van der Waals surface area contributed by atoms with E-state index in [0.29, 0.717) is 11.1 Å². The predicted molar refractivity (Wildman–Crippen MR) is 220 cm³/mol. The molecule has 0 fully saturated rings. The minimum absolute atomic E-state index is 0.0441. The smallest absolute Gasteiger partial charge is 0.416 e. The number of aromatic hydroxyl groups is 2. The van der Waals surface area contributed by atoms with Gasteiger partial charge in [-0.05, 0) is 84.3 Å². The second-order valence-electron chi connectivity index (χ2n) is 15.0. The highest BCUT2D eigenvalue weighted by atomic mass is 35.5. The Bertz CT molecular complexity index is 2480. The number of aliphatic hydroxyl groups excluding tert-OH is 2. The van der Waals surface area contributed by atoms with Gasteiger partial charge in [-0.25, -0.2) is 0 Å². The van der Waals surface area contributed by atoms with Crippen LogP contribution in [-0.4, -0.2) is 32.0 Å². The van der Waals surface area contributed by atoms with Crippen LogP contribution in [0.3, 0.4) is 0 Å². The molecule has 2 aliphatic carbocycles. The van der Waals surface area contributed by atoms with Crippen LogP contribution < -0.4 is 10.6 Å². The number of carbonyl (C=O) groups excluding carboxylic acids is 2. The van der Waals surface area contributed by atoms with Gasteiger partial charge >= 0.3 is 12.4 Å². The van der Waals surface area contributed by atoms with Crippen LogP contribution in [-0.2, 0) is 21.9 Å². The number of alkyl halides is 6.